The van der Waals surface area contributed by atoms with Gasteiger partial charge in [-0.25, -0.2) is 8.42 Å². The lowest BCUT2D eigenvalue weighted by atomic mass is 10.1. The van der Waals surface area contributed by atoms with Crippen LogP contribution in [0.5, 0.6) is 0 Å². The van der Waals surface area contributed by atoms with Crippen LogP contribution in [0.25, 0.3) is 0 Å². The lowest BCUT2D eigenvalue weighted by Crippen LogP contribution is -2.51. The highest BCUT2D eigenvalue weighted by Crippen LogP contribution is 2.26. The normalized spacial score (nSPS) is 12.0. The van der Waals surface area contributed by atoms with E-state index < -0.39 is 28.5 Å². The Bertz CT molecular complexity index is 1330. The van der Waals surface area contributed by atoms with E-state index in [4.69, 9.17) is 11.6 Å². The molecular weight excluding hydrogens is 522 g/mol. The first-order chi connectivity index (χ1) is 18.1. The summed E-state index contributed by atoms with van der Waals surface area (Å²) in [6.45, 7) is 5.80. The average molecular weight is 556 g/mol. The third kappa shape index (κ3) is 7.58. The third-order valence-corrected chi connectivity index (χ3v) is 8.20. The van der Waals surface area contributed by atoms with Crippen LogP contribution < -0.4 is 9.62 Å². The Kier molecular flexibility index (Phi) is 10.3. The summed E-state index contributed by atoms with van der Waals surface area (Å²) in [7, 11) is -4.11. The number of aryl methyl sites for hydroxylation is 1. The van der Waals surface area contributed by atoms with E-state index in [1.54, 1.807) is 43.3 Å². The number of hydrogen-bond donors (Lipinski definition) is 1. The molecule has 0 aliphatic rings. The molecule has 0 radical (unpaired) electrons. The Morgan fingerprint density at radius 2 is 1.66 bits per heavy atom. The van der Waals surface area contributed by atoms with Gasteiger partial charge in [0.2, 0.25) is 11.8 Å². The molecule has 38 heavy (non-hydrogen) atoms. The Morgan fingerprint density at radius 1 is 0.974 bits per heavy atom. The van der Waals surface area contributed by atoms with E-state index in [2.05, 4.69) is 5.32 Å². The zero-order valence-corrected chi connectivity index (χ0v) is 23.5. The molecule has 3 aromatic rings. The van der Waals surface area contributed by atoms with Crippen LogP contribution in [-0.2, 0) is 26.2 Å². The summed E-state index contributed by atoms with van der Waals surface area (Å²) in [6.07, 6.45) is 1.74. The van der Waals surface area contributed by atoms with Gasteiger partial charge >= 0.3 is 0 Å². The number of unbranched alkanes of at least 4 members (excludes halogenated alkanes) is 1. The summed E-state index contributed by atoms with van der Waals surface area (Å²) in [5.74, 6) is -0.803. The van der Waals surface area contributed by atoms with E-state index in [9.17, 15) is 18.0 Å². The first-order valence-corrected chi connectivity index (χ1v) is 14.4. The van der Waals surface area contributed by atoms with Crippen LogP contribution in [0.1, 0.15) is 37.8 Å². The molecule has 0 saturated carbocycles. The SMILES string of the molecule is CCCCNC(=O)C(C)N(Cc1ccc(C)cc1)C(=O)CN(c1cccc(Cl)c1)S(=O)(=O)c1ccccc1. The summed E-state index contributed by atoms with van der Waals surface area (Å²) in [6, 6.07) is 21.1. The molecule has 0 spiro atoms. The van der Waals surface area contributed by atoms with E-state index in [0.717, 1.165) is 28.3 Å². The van der Waals surface area contributed by atoms with E-state index in [-0.39, 0.29) is 23.0 Å². The van der Waals surface area contributed by atoms with Crippen molar-refractivity contribution in [1.29, 1.82) is 0 Å². The number of carbonyl (C=O) groups excluding carboxylic acids is 2. The molecule has 0 heterocycles. The number of nitrogens with one attached hydrogen (secondary N) is 1. The van der Waals surface area contributed by atoms with Crippen molar-refractivity contribution in [1.82, 2.24) is 10.2 Å². The molecule has 202 valence electrons. The van der Waals surface area contributed by atoms with Gasteiger partial charge in [-0.05, 0) is 56.2 Å². The highest BCUT2D eigenvalue weighted by molar-refractivity contribution is 7.92. The van der Waals surface area contributed by atoms with Crippen molar-refractivity contribution in [3.05, 3.63) is 95.0 Å². The van der Waals surface area contributed by atoms with E-state index in [0.29, 0.717) is 11.6 Å². The highest BCUT2D eigenvalue weighted by Gasteiger charge is 2.32. The minimum atomic E-state index is -4.11. The quantitative estimate of drug-likeness (QED) is 0.312. The molecule has 1 atom stereocenters. The minimum Gasteiger partial charge on any atom is -0.354 e. The number of nitrogens with zero attached hydrogens (tertiary/aromatic N) is 2. The van der Waals surface area contributed by atoms with Gasteiger partial charge in [0, 0.05) is 18.1 Å². The third-order valence-electron chi connectivity index (χ3n) is 6.18. The lowest BCUT2D eigenvalue weighted by Gasteiger charge is -2.32. The first-order valence-electron chi connectivity index (χ1n) is 12.6. The van der Waals surface area contributed by atoms with Crippen LogP contribution in [-0.4, -0.2) is 44.3 Å². The summed E-state index contributed by atoms with van der Waals surface area (Å²) in [5, 5.41) is 3.22. The van der Waals surface area contributed by atoms with Gasteiger partial charge in [0.05, 0.1) is 10.6 Å². The van der Waals surface area contributed by atoms with Gasteiger partial charge in [-0.2, -0.15) is 0 Å². The van der Waals surface area contributed by atoms with Crippen molar-refractivity contribution in [2.75, 3.05) is 17.4 Å². The Balaban J connectivity index is 1.98. The second kappa shape index (κ2) is 13.4. The molecule has 1 N–H and O–H groups in total. The standard InChI is InChI=1S/C29H34ClN3O4S/c1-4-5-18-31-29(35)23(3)32(20-24-16-14-22(2)15-17-24)28(34)21-33(26-11-9-10-25(30)19-26)38(36,37)27-12-7-6-8-13-27/h6-17,19,23H,4-5,18,20-21H2,1-3H3,(H,31,35). The van der Waals surface area contributed by atoms with Crippen molar-refractivity contribution in [3.63, 3.8) is 0 Å². The summed E-state index contributed by atoms with van der Waals surface area (Å²) in [5.41, 5.74) is 2.15. The van der Waals surface area contributed by atoms with Crippen LogP contribution in [0.3, 0.4) is 0 Å². The minimum absolute atomic E-state index is 0.0446. The molecule has 3 aromatic carbocycles. The first kappa shape index (κ1) is 29.2. The summed E-state index contributed by atoms with van der Waals surface area (Å²) < 4.78 is 28.5. The van der Waals surface area contributed by atoms with Crippen molar-refractivity contribution < 1.29 is 18.0 Å². The van der Waals surface area contributed by atoms with Crippen molar-refractivity contribution in [2.24, 2.45) is 0 Å². The number of halogens is 1. The molecule has 0 aromatic heterocycles. The molecule has 0 fully saturated rings. The van der Waals surface area contributed by atoms with Gasteiger partial charge in [0.25, 0.3) is 10.0 Å². The van der Waals surface area contributed by atoms with Crippen molar-refractivity contribution >= 4 is 39.1 Å². The van der Waals surface area contributed by atoms with Crippen LogP contribution in [0.2, 0.25) is 5.02 Å². The maximum Gasteiger partial charge on any atom is 0.264 e. The van der Waals surface area contributed by atoms with Gasteiger partial charge in [-0.15, -0.1) is 0 Å². The maximum absolute atomic E-state index is 13.8. The number of carbonyl (C=O) groups is 2. The number of benzene rings is 3. The number of anilines is 1. The van der Waals surface area contributed by atoms with Gasteiger partial charge in [0.15, 0.2) is 0 Å². The molecule has 0 saturated heterocycles. The number of rotatable bonds is 12. The number of hydrogen-bond acceptors (Lipinski definition) is 4. The monoisotopic (exact) mass is 555 g/mol. The number of sulfonamides is 1. The van der Waals surface area contributed by atoms with Crippen LogP contribution >= 0.6 is 11.6 Å². The van der Waals surface area contributed by atoms with Gasteiger partial charge in [0.1, 0.15) is 12.6 Å². The van der Waals surface area contributed by atoms with Crippen molar-refractivity contribution in [3.8, 4) is 0 Å². The summed E-state index contributed by atoms with van der Waals surface area (Å²) >= 11 is 6.19. The average Bonchev–Trinajstić information content (AvgIpc) is 2.91. The molecule has 7 nitrogen and oxygen atoms in total. The lowest BCUT2D eigenvalue weighted by molar-refractivity contribution is -0.139. The second-order valence-corrected chi connectivity index (χ2v) is 11.4. The topological polar surface area (TPSA) is 86.8 Å². The predicted octanol–water partition coefficient (Wildman–Crippen LogP) is 5.18. The fraction of sp³-hybridized carbons (Fsp3) is 0.310. The molecule has 9 heteroatoms. The van der Waals surface area contributed by atoms with Gasteiger partial charge < -0.3 is 10.2 Å². The highest BCUT2D eigenvalue weighted by atomic mass is 35.5. The Labute approximate surface area is 230 Å². The van der Waals surface area contributed by atoms with E-state index >= 15 is 0 Å². The largest absolute Gasteiger partial charge is 0.354 e. The molecule has 0 aliphatic heterocycles. The molecular formula is C29H34ClN3O4S. The number of amides is 2. The fourth-order valence-corrected chi connectivity index (χ4v) is 5.50. The van der Waals surface area contributed by atoms with Crippen molar-refractivity contribution in [2.45, 2.75) is 51.1 Å². The maximum atomic E-state index is 13.8. The van der Waals surface area contributed by atoms with E-state index in [1.807, 2.05) is 38.1 Å². The molecule has 0 bridgehead atoms. The van der Waals surface area contributed by atoms with Crippen LogP contribution in [0, 0.1) is 6.92 Å². The smallest absolute Gasteiger partial charge is 0.264 e. The Hall–Kier alpha value is -3.36. The van der Waals surface area contributed by atoms with Crippen LogP contribution in [0.4, 0.5) is 5.69 Å². The van der Waals surface area contributed by atoms with Gasteiger partial charge in [-0.3, -0.25) is 13.9 Å². The zero-order valence-electron chi connectivity index (χ0n) is 21.9. The second-order valence-electron chi connectivity index (χ2n) is 9.13. The fourth-order valence-electron chi connectivity index (χ4n) is 3.89. The molecule has 3 rings (SSSR count). The molecule has 1 unspecified atom stereocenters. The van der Waals surface area contributed by atoms with Gasteiger partial charge in [-0.1, -0.05) is 79.0 Å². The summed E-state index contributed by atoms with van der Waals surface area (Å²) in [4.78, 5) is 28.3. The Morgan fingerprint density at radius 3 is 2.29 bits per heavy atom. The molecule has 2 amide bonds. The predicted molar refractivity (Wildman–Crippen MR) is 152 cm³/mol. The van der Waals surface area contributed by atoms with Crippen LogP contribution in [0.15, 0.2) is 83.8 Å². The zero-order chi connectivity index (χ0) is 27.7. The van der Waals surface area contributed by atoms with E-state index in [1.165, 1.54) is 23.1 Å². The molecule has 0 aliphatic carbocycles.